The van der Waals surface area contributed by atoms with Crippen molar-refractivity contribution in [3.8, 4) is 5.75 Å². The lowest BCUT2D eigenvalue weighted by molar-refractivity contribution is -0.119. The highest BCUT2D eigenvalue weighted by Gasteiger charge is 2.12. The highest BCUT2D eigenvalue weighted by Crippen LogP contribution is 2.27. The average molecular weight is 326 g/mol. The van der Waals surface area contributed by atoms with Gasteiger partial charge in [0.1, 0.15) is 5.75 Å². The molecule has 2 nitrogen and oxygen atoms in total. The Morgan fingerprint density at radius 2 is 1.88 bits per heavy atom. The first-order valence-electron chi connectivity index (χ1n) is 4.97. The zero-order valence-corrected chi connectivity index (χ0v) is 11.0. The van der Waals surface area contributed by atoms with Crippen LogP contribution in [0.25, 0.3) is 10.8 Å². The van der Waals surface area contributed by atoms with E-state index in [0.29, 0.717) is 0 Å². The molecule has 0 aliphatic rings. The number of hydrogen-bond acceptors (Lipinski definition) is 2. The second-order valence-electron chi connectivity index (χ2n) is 3.52. The van der Waals surface area contributed by atoms with Crippen LogP contribution in [0.3, 0.4) is 0 Å². The Balaban J connectivity index is 2.41. The second-order valence-corrected chi connectivity index (χ2v) is 4.65. The largest absolute Gasteiger partial charge is 0.472 e. The maximum Gasteiger partial charge on any atom is 0.206 e. The third-order valence-electron chi connectivity index (χ3n) is 2.30. The van der Waals surface area contributed by atoms with E-state index in [-0.39, 0.29) is 5.78 Å². The summed E-state index contributed by atoms with van der Waals surface area (Å²) in [6.45, 7) is 1.53. The van der Waals surface area contributed by atoms with Crippen molar-refractivity contribution in [3.63, 3.8) is 0 Å². The van der Waals surface area contributed by atoms with E-state index >= 15 is 0 Å². The van der Waals surface area contributed by atoms with Crippen molar-refractivity contribution in [2.45, 2.75) is 11.0 Å². The van der Waals surface area contributed by atoms with Gasteiger partial charge in [-0.1, -0.05) is 36.4 Å². The molecule has 0 saturated heterocycles. The standard InChI is InChI=1S/C13H11IO2/c1-9(15)13(14)16-12-8-4-6-10-5-2-3-7-11(10)12/h2-8,13H,1H3. The van der Waals surface area contributed by atoms with E-state index in [0.717, 1.165) is 16.5 Å². The maximum absolute atomic E-state index is 11.2. The highest BCUT2D eigenvalue weighted by atomic mass is 127. The Kier molecular flexibility index (Phi) is 3.43. The number of hydrogen-bond donors (Lipinski definition) is 0. The van der Waals surface area contributed by atoms with Crippen molar-refractivity contribution < 1.29 is 9.53 Å². The monoisotopic (exact) mass is 326 g/mol. The van der Waals surface area contributed by atoms with E-state index in [1.165, 1.54) is 6.92 Å². The Bertz CT molecular complexity index is 517. The van der Waals surface area contributed by atoms with Crippen LogP contribution in [-0.4, -0.2) is 9.89 Å². The number of ketones is 1. The van der Waals surface area contributed by atoms with Crippen molar-refractivity contribution in [1.82, 2.24) is 0 Å². The number of Topliss-reactive ketones (excluding diaryl/α,β-unsaturated/α-hetero) is 1. The van der Waals surface area contributed by atoms with Crippen molar-refractivity contribution in [2.75, 3.05) is 0 Å². The first kappa shape index (κ1) is 11.4. The van der Waals surface area contributed by atoms with E-state index in [1.54, 1.807) is 0 Å². The van der Waals surface area contributed by atoms with Gasteiger partial charge in [0.15, 0.2) is 5.78 Å². The Hall–Kier alpha value is -1.10. The summed E-state index contributed by atoms with van der Waals surface area (Å²) < 4.78 is 5.20. The maximum atomic E-state index is 11.2. The third-order valence-corrected chi connectivity index (χ3v) is 3.43. The molecule has 0 radical (unpaired) electrons. The summed E-state index contributed by atoms with van der Waals surface area (Å²) in [5.41, 5.74) is 0. The number of alkyl halides is 1. The Labute approximate surface area is 108 Å². The molecule has 82 valence electrons. The lowest BCUT2D eigenvalue weighted by atomic mass is 10.1. The molecule has 2 aromatic rings. The molecule has 0 aromatic heterocycles. The van der Waals surface area contributed by atoms with Crippen molar-refractivity contribution in [1.29, 1.82) is 0 Å². The first-order valence-corrected chi connectivity index (χ1v) is 6.22. The zero-order valence-electron chi connectivity index (χ0n) is 8.81. The summed E-state index contributed by atoms with van der Waals surface area (Å²) in [4.78, 5) is 11.2. The van der Waals surface area contributed by atoms with Crippen LogP contribution in [0.1, 0.15) is 6.92 Å². The molecule has 0 amide bonds. The molecule has 1 atom stereocenters. The van der Waals surface area contributed by atoms with Gasteiger partial charge in [-0.2, -0.15) is 0 Å². The zero-order chi connectivity index (χ0) is 11.5. The molecule has 2 rings (SSSR count). The van der Waals surface area contributed by atoms with Gasteiger partial charge in [0.25, 0.3) is 0 Å². The van der Waals surface area contributed by atoms with Gasteiger partial charge in [-0.05, 0) is 41.0 Å². The smallest absolute Gasteiger partial charge is 0.206 e. The number of ether oxygens (including phenoxy) is 1. The fourth-order valence-electron chi connectivity index (χ4n) is 1.49. The van der Waals surface area contributed by atoms with Crippen LogP contribution in [0.15, 0.2) is 42.5 Å². The molecule has 3 heteroatoms. The predicted octanol–water partition coefficient (Wildman–Crippen LogP) is 3.57. The van der Waals surface area contributed by atoms with Crippen LogP contribution in [0.4, 0.5) is 0 Å². The molecule has 0 bridgehead atoms. The average Bonchev–Trinajstić information content (AvgIpc) is 2.29. The minimum atomic E-state index is -0.427. The van der Waals surface area contributed by atoms with E-state index in [1.807, 2.05) is 65.1 Å². The summed E-state index contributed by atoms with van der Waals surface area (Å²) in [6, 6.07) is 13.8. The number of rotatable bonds is 3. The molecule has 0 spiro atoms. The number of benzene rings is 2. The minimum absolute atomic E-state index is 0.0218. The van der Waals surface area contributed by atoms with Gasteiger partial charge in [0.05, 0.1) is 0 Å². The first-order chi connectivity index (χ1) is 7.68. The number of halogens is 1. The topological polar surface area (TPSA) is 26.3 Å². The molecule has 0 heterocycles. The van der Waals surface area contributed by atoms with Gasteiger partial charge in [0, 0.05) is 5.39 Å². The third kappa shape index (κ3) is 2.35. The molecule has 0 aliphatic heterocycles. The van der Waals surface area contributed by atoms with Crippen LogP contribution in [0, 0.1) is 0 Å². The SMILES string of the molecule is CC(=O)C(I)Oc1cccc2ccccc12. The molecule has 0 aliphatic carbocycles. The van der Waals surface area contributed by atoms with E-state index < -0.39 is 4.11 Å². The lowest BCUT2D eigenvalue weighted by Gasteiger charge is -2.12. The predicted molar refractivity (Wildman–Crippen MR) is 73.1 cm³/mol. The van der Waals surface area contributed by atoms with Crippen molar-refractivity contribution in [2.24, 2.45) is 0 Å². The molecule has 0 fully saturated rings. The molecular weight excluding hydrogens is 315 g/mol. The van der Waals surface area contributed by atoms with Crippen LogP contribution in [0.5, 0.6) is 5.75 Å². The summed E-state index contributed by atoms with van der Waals surface area (Å²) in [7, 11) is 0. The van der Waals surface area contributed by atoms with Gasteiger partial charge >= 0.3 is 0 Å². The summed E-state index contributed by atoms with van der Waals surface area (Å²) in [5, 5.41) is 2.15. The fraction of sp³-hybridized carbons (Fsp3) is 0.154. The van der Waals surface area contributed by atoms with E-state index in [9.17, 15) is 4.79 Å². The van der Waals surface area contributed by atoms with Crippen LogP contribution in [0.2, 0.25) is 0 Å². The van der Waals surface area contributed by atoms with Crippen LogP contribution >= 0.6 is 22.6 Å². The van der Waals surface area contributed by atoms with Gasteiger partial charge in [-0.3, -0.25) is 4.79 Å². The molecule has 0 N–H and O–H groups in total. The summed E-state index contributed by atoms with van der Waals surface area (Å²) in [5.74, 6) is 0.779. The minimum Gasteiger partial charge on any atom is -0.472 e. The number of carbonyl (C=O) groups excluding carboxylic acids is 1. The summed E-state index contributed by atoms with van der Waals surface area (Å²) in [6.07, 6.45) is 0. The number of carbonyl (C=O) groups is 1. The van der Waals surface area contributed by atoms with Crippen molar-refractivity contribution in [3.05, 3.63) is 42.5 Å². The fourth-order valence-corrected chi connectivity index (χ4v) is 1.77. The number of fused-ring (bicyclic) bond motifs is 1. The molecule has 16 heavy (non-hydrogen) atoms. The lowest BCUT2D eigenvalue weighted by Crippen LogP contribution is -2.17. The summed E-state index contributed by atoms with van der Waals surface area (Å²) >= 11 is 2.00. The van der Waals surface area contributed by atoms with Crippen LogP contribution in [-0.2, 0) is 4.79 Å². The highest BCUT2D eigenvalue weighted by molar-refractivity contribution is 14.1. The molecule has 2 aromatic carbocycles. The van der Waals surface area contributed by atoms with E-state index in [2.05, 4.69) is 0 Å². The normalized spacial score (nSPS) is 12.4. The van der Waals surface area contributed by atoms with Gasteiger partial charge in [-0.25, -0.2) is 0 Å². The van der Waals surface area contributed by atoms with Crippen molar-refractivity contribution >= 4 is 39.1 Å². The molecular formula is C13H11IO2. The van der Waals surface area contributed by atoms with Crippen LogP contribution < -0.4 is 4.74 Å². The van der Waals surface area contributed by atoms with Gasteiger partial charge in [0.2, 0.25) is 4.11 Å². The molecule has 1 unspecified atom stereocenters. The van der Waals surface area contributed by atoms with Gasteiger partial charge < -0.3 is 4.74 Å². The Morgan fingerprint density at radius 3 is 2.62 bits per heavy atom. The van der Waals surface area contributed by atoms with E-state index in [4.69, 9.17) is 4.74 Å². The Morgan fingerprint density at radius 1 is 1.19 bits per heavy atom. The molecule has 0 saturated carbocycles. The quantitative estimate of drug-likeness (QED) is 0.637. The van der Waals surface area contributed by atoms with Gasteiger partial charge in [-0.15, -0.1) is 0 Å². The second kappa shape index (κ2) is 4.82.